The number of cyclic esters (lactones) is 2. The van der Waals surface area contributed by atoms with E-state index in [9.17, 15) is 33.6 Å². The molecule has 0 aliphatic carbocycles. The van der Waals surface area contributed by atoms with Gasteiger partial charge < -0.3 is 29.6 Å². The molecule has 3 rings (SSSR count). The Hall–Kier alpha value is -4.69. The van der Waals surface area contributed by atoms with Crippen molar-refractivity contribution in [2.45, 2.75) is 97.0 Å². The molecule has 1 aromatic carbocycles. The lowest BCUT2D eigenvalue weighted by atomic mass is 10.1. The summed E-state index contributed by atoms with van der Waals surface area (Å²) in [4.78, 5) is 90.9. The number of carbonyl (C=O) groups excluding carboxylic acids is 7. The van der Waals surface area contributed by atoms with Crippen LogP contribution in [0, 0.1) is 0 Å². The molecule has 6 amide bonds. The molecular weight excluding hydrogens is 568 g/mol. The fourth-order valence-corrected chi connectivity index (χ4v) is 4.43. The van der Waals surface area contributed by atoms with Gasteiger partial charge in [0.2, 0.25) is 5.91 Å². The Balaban J connectivity index is 1.69. The Bertz CT molecular complexity index is 1280. The van der Waals surface area contributed by atoms with Crippen molar-refractivity contribution in [2.24, 2.45) is 0 Å². The molecule has 0 radical (unpaired) electrons. The molecule has 2 fully saturated rings. The van der Waals surface area contributed by atoms with E-state index in [0.29, 0.717) is 15.4 Å². The lowest BCUT2D eigenvalue weighted by Gasteiger charge is -2.27. The molecule has 43 heavy (non-hydrogen) atoms. The normalized spacial score (nSPS) is 23.0. The van der Waals surface area contributed by atoms with Crippen molar-refractivity contribution in [2.75, 3.05) is 0 Å². The highest BCUT2D eigenvalue weighted by Gasteiger charge is 2.52. The van der Waals surface area contributed by atoms with Crippen molar-refractivity contribution in [3.8, 4) is 0 Å². The standard InChI is InChI=1S/C28H36N4O11/c1-14(22(34)32-20(17(4)42-27(32)39)24(36)40-13-18-11-9-8-10-12-18)29-21(33)19-16(3)41-26(38)31(19)23(35)15(2)30-25(37)43-28(5,6)7/h8-12,14-17,19-20H,13H2,1-7H3,(H,29,33)(H,30,37)/t14-,15-,16+,17+,19-,20-/m0/s1. The molecule has 234 valence electrons. The lowest BCUT2D eigenvalue weighted by Crippen LogP contribution is -2.59. The number of hydrogen-bond donors (Lipinski definition) is 2. The predicted molar refractivity (Wildman–Crippen MR) is 146 cm³/mol. The number of benzene rings is 1. The summed E-state index contributed by atoms with van der Waals surface area (Å²) < 4.78 is 20.6. The van der Waals surface area contributed by atoms with Crippen LogP contribution in [0.25, 0.3) is 0 Å². The first-order valence-corrected chi connectivity index (χ1v) is 13.6. The monoisotopic (exact) mass is 604 g/mol. The maximum atomic E-state index is 13.3. The van der Waals surface area contributed by atoms with Crippen LogP contribution in [0.5, 0.6) is 0 Å². The van der Waals surface area contributed by atoms with Crippen LogP contribution in [0.4, 0.5) is 14.4 Å². The van der Waals surface area contributed by atoms with Gasteiger partial charge in [-0.3, -0.25) is 14.4 Å². The van der Waals surface area contributed by atoms with E-state index >= 15 is 0 Å². The molecule has 0 unspecified atom stereocenters. The highest BCUT2D eigenvalue weighted by atomic mass is 16.6. The van der Waals surface area contributed by atoms with Crippen molar-refractivity contribution >= 4 is 42.0 Å². The number of hydrogen-bond acceptors (Lipinski definition) is 11. The third-order valence-corrected chi connectivity index (χ3v) is 6.45. The van der Waals surface area contributed by atoms with E-state index in [4.69, 9.17) is 18.9 Å². The molecule has 0 aromatic heterocycles. The van der Waals surface area contributed by atoms with Crippen molar-refractivity contribution in [1.29, 1.82) is 0 Å². The van der Waals surface area contributed by atoms with Crippen molar-refractivity contribution < 1.29 is 52.5 Å². The lowest BCUT2D eigenvalue weighted by molar-refractivity contribution is -0.154. The second-order valence-electron chi connectivity index (χ2n) is 11.2. The number of alkyl carbamates (subject to hydrolysis) is 1. The van der Waals surface area contributed by atoms with Gasteiger partial charge in [0.25, 0.3) is 11.8 Å². The van der Waals surface area contributed by atoms with E-state index in [1.807, 2.05) is 0 Å². The number of imide groups is 2. The van der Waals surface area contributed by atoms with Crippen molar-refractivity contribution in [1.82, 2.24) is 20.4 Å². The summed E-state index contributed by atoms with van der Waals surface area (Å²) in [6.45, 7) is 10.1. The Kier molecular flexibility index (Phi) is 9.99. The first-order valence-electron chi connectivity index (χ1n) is 13.6. The van der Waals surface area contributed by atoms with Crippen LogP contribution >= 0.6 is 0 Å². The molecule has 1 aromatic rings. The molecule has 6 atom stereocenters. The smallest absolute Gasteiger partial charge is 0.417 e. The quantitative estimate of drug-likeness (QED) is 0.324. The van der Waals surface area contributed by atoms with Crippen LogP contribution in [0.2, 0.25) is 0 Å². The summed E-state index contributed by atoms with van der Waals surface area (Å²) in [6, 6.07) is 3.12. The van der Waals surface area contributed by atoms with Crippen LogP contribution < -0.4 is 10.6 Å². The summed E-state index contributed by atoms with van der Waals surface area (Å²) in [6.07, 6.45) is -5.31. The van der Waals surface area contributed by atoms with E-state index in [1.54, 1.807) is 51.1 Å². The van der Waals surface area contributed by atoms with E-state index < -0.39 is 83.9 Å². The van der Waals surface area contributed by atoms with Crippen LogP contribution in [0.15, 0.2) is 30.3 Å². The zero-order valence-electron chi connectivity index (χ0n) is 24.9. The van der Waals surface area contributed by atoms with Gasteiger partial charge >= 0.3 is 24.2 Å². The second kappa shape index (κ2) is 13.1. The third kappa shape index (κ3) is 7.78. The van der Waals surface area contributed by atoms with Crippen LogP contribution in [-0.2, 0) is 44.7 Å². The summed E-state index contributed by atoms with van der Waals surface area (Å²) in [5.41, 5.74) is -0.166. The van der Waals surface area contributed by atoms with Crippen LogP contribution in [0.1, 0.15) is 54.0 Å². The van der Waals surface area contributed by atoms with Gasteiger partial charge in [-0.1, -0.05) is 30.3 Å². The maximum absolute atomic E-state index is 13.3. The van der Waals surface area contributed by atoms with E-state index in [2.05, 4.69) is 10.6 Å². The largest absolute Gasteiger partial charge is 0.459 e. The fraction of sp³-hybridized carbons (Fsp3) is 0.536. The second-order valence-corrected chi connectivity index (χ2v) is 11.2. The topological polar surface area (TPSA) is 187 Å². The van der Waals surface area contributed by atoms with Gasteiger partial charge in [-0.15, -0.1) is 0 Å². The minimum Gasteiger partial charge on any atom is -0.459 e. The SMILES string of the molecule is C[C@H](NC(=O)OC(C)(C)C)C(=O)N1C(=O)O[C@H](C)[C@H]1C(=O)N[C@@H](C)C(=O)N1C(=O)O[C@H](C)[C@H]1C(=O)OCc1ccccc1. The van der Waals surface area contributed by atoms with E-state index in [-0.39, 0.29) is 6.61 Å². The maximum Gasteiger partial charge on any atom is 0.417 e. The molecule has 0 saturated carbocycles. The summed E-state index contributed by atoms with van der Waals surface area (Å²) >= 11 is 0. The fourth-order valence-electron chi connectivity index (χ4n) is 4.43. The zero-order valence-corrected chi connectivity index (χ0v) is 24.9. The van der Waals surface area contributed by atoms with E-state index in [0.717, 1.165) is 0 Å². The highest BCUT2D eigenvalue weighted by molar-refractivity contribution is 6.05. The van der Waals surface area contributed by atoms with Gasteiger partial charge in [0, 0.05) is 0 Å². The van der Waals surface area contributed by atoms with Crippen LogP contribution in [0.3, 0.4) is 0 Å². The predicted octanol–water partition coefficient (Wildman–Crippen LogP) is 1.62. The number of rotatable bonds is 8. The van der Waals surface area contributed by atoms with Crippen molar-refractivity contribution in [3.63, 3.8) is 0 Å². The van der Waals surface area contributed by atoms with Gasteiger partial charge in [0.05, 0.1) is 0 Å². The summed E-state index contributed by atoms with van der Waals surface area (Å²) in [5, 5.41) is 4.67. The summed E-state index contributed by atoms with van der Waals surface area (Å²) in [7, 11) is 0. The van der Waals surface area contributed by atoms with Crippen LogP contribution in [-0.4, -0.2) is 93.7 Å². The Labute approximate surface area is 248 Å². The van der Waals surface area contributed by atoms with E-state index in [1.165, 1.54) is 27.7 Å². The molecular formula is C28H36N4O11. The minimum absolute atomic E-state index is 0.107. The third-order valence-electron chi connectivity index (χ3n) is 6.45. The van der Waals surface area contributed by atoms with Crippen molar-refractivity contribution in [3.05, 3.63) is 35.9 Å². The molecule has 2 aliphatic rings. The summed E-state index contributed by atoms with van der Waals surface area (Å²) in [5.74, 6) is -3.79. The van der Waals surface area contributed by atoms with Gasteiger partial charge in [0.1, 0.15) is 36.5 Å². The minimum atomic E-state index is -1.52. The molecule has 0 spiro atoms. The molecule has 0 bridgehead atoms. The van der Waals surface area contributed by atoms with Gasteiger partial charge in [-0.25, -0.2) is 29.0 Å². The van der Waals surface area contributed by atoms with Gasteiger partial charge in [-0.2, -0.15) is 0 Å². The molecule has 15 heteroatoms. The average molecular weight is 605 g/mol. The first-order chi connectivity index (χ1) is 20.0. The molecule has 2 aliphatic heterocycles. The number of nitrogens with one attached hydrogen (secondary N) is 2. The average Bonchev–Trinajstić information content (AvgIpc) is 3.38. The first kappa shape index (κ1) is 32.8. The zero-order chi connectivity index (χ0) is 32.2. The Morgan fingerprint density at radius 3 is 1.86 bits per heavy atom. The molecule has 2 heterocycles. The molecule has 2 N–H and O–H groups in total. The highest BCUT2D eigenvalue weighted by Crippen LogP contribution is 2.24. The Morgan fingerprint density at radius 2 is 1.33 bits per heavy atom. The Morgan fingerprint density at radius 1 is 0.837 bits per heavy atom. The molecule has 15 nitrogen and oxygen atoms in total. The number of nitrogens with zero attached hydrogens (tertiary/aromatic N) is 2. The van der Waals surface area contributed by atoms with Gasteiger partial charge in [0.15, 0.2) is 12.1 Å². The number of carbonyl (C=O) groups is 7. The van der Waals surface area contributed by atoms with Gasteiger partial charge in [-0.05, 0) is 54.0 Å². The number of esters is 1. The number of amides is 6. The number of ether oxygens (including phenoxy) is 4. The molecule has 2 saturated heterocycles.